The van der Waals surface area contributed by atoms with E-state index in [0.717, 1.165) is 9.13 Å². The van der Waals surface area contributed by atoms with Gasteiger partial charge in [-0.25, -0.2) is 4.79 Å². The van der Waals surface area contributed by atoms with Crippen molar-refractivity contribution in [2.24, 2.45) is 0 Å². The van der Waals surface area contributed by atoms with Gasteiger partial charge in [0.15, 0.2) is 0 Å². The Morgan fingerprint density at radius 3 is 2.53 bits per heavy atom. The van der Waals surface area contributed by atoms with Crippen LogP contribution in [0.2, 0.25) is 0 Å². The van der Waals surface area contributed by atoms with E-state index in [1.165, 1.54) is 6.07 Å². The molecule has 0 bridgehead atoms. The minimum absolute atomic E-state index is 0.0745. The fraction of sp³-hybridized carbons (Fsp3) is 0.0714. The predicted molar refractivity (Wildman–Crippen MR) is 81.3 cm³/mol. The summed E-state index contributed by atoms with van der Waals surface area (Å²) in [5.74, 6) is -0.731. The highest BCUT2D eigenvalue weighted by molar-refractivity contribution is 14.1. The van der Waals surface area contributed by atoms with E-state index >= 15 is 0 Å². The summed E-state index contributed by atoms with van der Waals surface area (Å²) < 4.78 is 6.68. The summed E-state index contributed by atoms with van der Waals surface area (Å²) in [6.45, 7) is 0.321. The van der Waals surface area contributed by atoms with Crippen molar-refractivity contribution < 1.29 is 14.6 Å². The van der Waals surface area contributed by atoms with Crippen LogP contribution in [-0.2, 0) is 6.61 Å². The number of hydrogen-bond donors (Lipinski definition) is 2. The molecule has 0 aliphatic carbocycles. The van der Waals surface area contributed by atoms with Crippen molar-refractivity contribution in [3.05, 3.63) is 57.2 Å². The maximum Gasteiger partial charge on any atom is 0.339 e. The molecule has 2 rings (SSSR count). The van der Waals surface area contributed by atoms with Gasteiger partial charge in [-0.2, -0.15) is 0 Å². The molecule has 0 heterocycles. The molecule has 19 heavy (non-hydrogen) atoms. The predicted octanol–water partition coefficient (Wildman–Crippen LogP) is 3.15. The number of aromatic carboxylic acids is 1. The third-order valence-electron chi connectivity index (χ3n) is 2.54. The second kappa shape index (κ2) is 5.92. The van der Waals surface area contributed by atoms with Crippen molar-refractivity contribution in [2.75, 3.05) is 5.73 Å². The Kier molecular flexibility index (Phi) is 4.26. The first-order chi connectivity index (χ1) is 9.06. The molecule has 3 N–H and O–H groups in total. The number of nitrogen functional groups attached to an aromatic ring is 1. The zero-order valence-electron chi connectivity index (χ0n) is 9.97. The molecule has 0 saturated heterocycles. The summed E-state index contributed by atoms with van der Waals surface area (Å²) in [4.78, 5) is 11.1. The standard InChI is InChI=1S/C14H12INO3/c15-10-3-1-9(2-4-10)8-19-13-6-5-11(16)7-12(13)14(17)18/h1-7H,8,16H2,(H,17,18). The minimum atomic E-state index is -1.05. The summed E-state index contributed by atoms with van der Waals surface area (Å²) in [6, 6.07) is 12.4. The van der Waals surface area contributed by atoms with E-state index in [-0.39, 0.29) is 5.56 Å². The van der Waals surface area contributed by atoms with Gasteiger partial charge in [0.2, 0.25) is 0 Å². The Hall–Kier alpha value is -1.76. The number of halogens is 1. The van der Waals surface area contributed by atoms with Gasteiger partial charge >= 0.3 is 5.97 Å². The van der Waals surface area contributed by atoms with Gasteiger partial charge in [-0.15, -0.1) is 0 Å². The minimum Gasteiger partial charge on any atom is -0.488 e. The van der Waals surface area contributed by atoms with Gasteiger partial charge in [-0.3, -0.25) is 0 Å². The van der Waals surface area contributed by atoms with Crippen LogP contribution in [0.3, 0.4) is 0 Å². The second-order valence-corrected chi connectivity index (χ2v) is 5.22. The normalized spacial score (nSPS) is 10.2. The van der Waals surface area contributed by atoms with E-state index < -0.39 is 5.97 Å². The fourth-order valence-corrected chi connectivity index (χ4v) is 1.94. The summed E-state index contributed by atoms with van der Waals surface area (Å²) in [5, 5.41) is 9.09. The molecule has 98 valence electrons. The molecule has 0 amide bonds. The lowest BCUT2D eigenvalue weighted by atomic mass is 10.2. The molecule has 0 aliphatic rings. The number of anilines is 1. The van der Waals surface area contributed by atoms with Crippen LogP contribution in [0.25, 0.3) is 0 Å². The quantitative estimate of drug-likeness (QED) is 0.642. The SMILES string of the molecule is Nc1ccc(OCc2ccc(I)cc2)c(C(=O)O)c1. The molecule has 0 fully saturated rings. The zero-order valence-corrected chi connectivity index (χ0v) is 12.1. The van der Waals surface area contributed by atoms with E-state index in [1.54, 1.807) is 12.1 Å². The van der Waals surface area contributed by atoms with Crippen molar-refractivity contribution in [3.63, 3.8) is 0 Å². The second-order valence-electron chi connectivity index (χ2n) is 3.98. The Labute approximate surface area is 124 Å². The smallest absolute Gasteiger partial charge is 0.339 e. The molecular weight excluding hydrogens is 357 g/mol. The Balaban J connectivity index is 2.15. The van der Waals surface area contributed by atoms with Crippen LogP contribution in [0.5, 0.6) is 5.75 Å². The van der Waals surface area contributed by atoms with Gasteiger partial charge in [-0.05, 0) is 58.5 Å². The van der Waals surface area contributed by atoms with Gasteiger partial charge in [-0.1, -0.05) is 12.1 Å². The van der Waals surface area contributed by atoms with E-state index in [4.69, 9.17) is 15.6 Å². The number of nitrogens with two attached hydrogens (primary N) is 1. The highest BCUT2D eigenvalue weighted by atomic mass is 127. The monoisotopic (exact) mass is 369 g/mol. The third kappa shape index (κ3) is 3.60. The molecule has 0 saturated carbocycles. The summed E-state index contributed by atoms with van der Waals surface area (Å²) in [7, 11) is 0. The molecule has 5 heteroatoms. The summed E-state index contributed by atoms with van der Waals surface area (Å²) in [6.07, 6.45) is 0. The van der Waals surface area contributed by atoms with Crippen LogP contribution in [0.1, 0.15) is 15.9 Å². The van der Waals surface area contributed by atoms with E-state index in [0.29, 0.717) is 18.0 Å². The first-order valence-electron chi connectivity index (χ1n) is 5.56. The molecule has 0 aliphatic heterocycles. The number of carboxylic acids is 1. The van der Waals surface area contributed by atoms with Crippen molar-refractivity contribution >= 4 is 34.2 Å². The van der Waals surface area contributed by atoms with E-state index in [1.807, 2.05) is 24.3 Å². The average Bonchev–Trinajstić information content (AvgIpc) is 2.39. The van der Waals surface area contributed by atoms with Gasteiger partial charge in [0.1, 0.15) is 17.9 Å². The Morgan fingerprint density at radius 1 is 1.21 bits per heavy atom. The molecule has 2 aromatic rings. The number of carbonyl (C=O) groups is 1. The van der Waals surface area contributed by atoms with Crippen molar-refractivity contribution in [3.8, 4) is 5.75 Å². The van der Waals surface area contributed by atoms with Crippen molar-refractivity contribution in [1.82, 2.24) is 0 Å². The highest BCUT2D eigenvalue weighted by Crippen LogP contribution is 2.22. The molecule has 0 spiro atoms. The summed E-state index contributed by atoms with van der Waals surface area (Å²) in [5.41, 5.74) is 7.03. The topological polar surface area (TPSA) is 72.5 Å². The number of hydrogen-bond acceptors (Lipinski definition) is 3. The first-order valence-corrected chi connectivity index (χ1v) is 6.64. The zero-order chi connectivity index (χ0) is 13.8. The third-order valence-corrected chi connectivity index (χ3v) is 3.26. The maximum atomic E-state index is 11.1. The van der Waals surface area contributed by atoms with Crippen LogP contribution < -0.4 is 10.5 Å². The number of benzene rings is 2. The van der Waals surface area contributed by atoms with Gasteiger partial charge in [0.05, 0.1) is 0 Å². The van der Waals surface area contributed by atoms with Crippen LogP contribution in [0.15, 0.2) is 42.5 Å². The van der Waals surface area contributed by atoms with Crippen LogP contribution >= 0.6 is 22.6 Å². The Bertz CT molecular complexity index is 596. The lowest BCUT2D eigenvalue weighted by molar-refractivity contribution is 0.0692. The lowest BCUT2D eigenvalue weighted by Gasteiger charge is -2.10. The number of carboxylic acid groups (broad SMARTS) is 1. The maximum absolute atomic E-state index is 11.1. The first kappa shape index (κ1) is 13.7. The molecular formula is C14H12INO3. The molecule has 0 atom stereocenters. The molecule has 2 aromatic carbocycles. The fourth-order valence-electron chi connectivity index (χ4n) is 1.58. The van der Waals surface area contributed by atoms with E-state index in [2.05, 4.69) is 22.6 Å². The molecule has 0 unspecified atom stereocenters. The van der Waals surface area contributed by atoms with Gasteiger partial charge in [0.25, 0.3) is 0 Å². The van der Waals surface area contributed by atoms with Crippen LogP contribution in [0, 0.1) is 3.57 Å². The average molecular weight is 369 g/mol. The van der Waals surface area contributed by atoms with Gasteiger partial charge in [0, 0.05) is 9.26 Å². The van der Waals surface area contributed by atoms with Crippen molar-refractivity contribution in [1.29, 1.82) is 0 Å². The summed E-state index contributed by atoms with van der Waals surface area (Å²) >= 11 is 2.22. The van der Waals surface area contributed by atoms with Crippen molar-refractivity contribution in [2.45, 2.75) is 6.61 Å². The molecule has 0 radical (unpaired) electrons. The van der Waals surface area contributed by atoms with Crippen LogP contribution in [-0.4, -0.2) is 11.1 Å². The Morgan fingerprint density at radius 2 is 1.89 bits per heavy atom. The largest absolute Gasteiger partial charge is 0.488 e. The number of ether oxygens (including phenoxy) is 1. The lowest BCUT2D eigenvalue weighted by Crippen LogP contribution is -2.04. The van der Waals surface area contributed by atoms with Crippen LogP contribution in [0.4, 0.5) is 5.69 Å². The molecule has 4 nitrogen and oxygen atoms in total. The highest BCUT2D eigenvalue weighted by Gasteiger charge is 2.11. The molecule has 0 aromatic heterocycles. The number of rotatable bonds is 4. The van der Waals surface area contributed by atoms with Gasteiger partial charge < -0.3 is 15.6 Å². The van der Waals surface area contributed by atoms with E-state index in [9.17, 15) is 4.79 Å².